The molecule has 0 aromatic heterocycles. The van der Waals surface area contributed by atoms with Crippen LogP contribution in [0.25, 0.3) is 0 Å². The van der Waals surface area contributed by atoms with Gasteiger partial charge in [-0.2, -0.15) is 0 Å². The molecule has 1 saturated carbocycles. The minimum atomic E-state index is -0.394. The van der Waals surface area contributed by atoms with Crippen molar-refractivity contribution in [1.29, 1.82) is 0 Å². The van der Waals surface area contributed by atoms with E-state index in [0.29, 0.717) is 0 Å². The fourth-order valence-corrected chi connectivity index (χ4v) is 6.46. The van der Waals surface area contributed by atoms with E-state index < -0.39 is 7.92 Å². The molecule has 2 aromatic rings. The van der Waals surface area contributed by atoms with Gasteiger partial charge in [0, 0.05) is 0 Å². The van der Waals surface area contributed by atoms with E-state index in [9.17, 15) is 0 Å². The number of rotatable bonds is 9. The normalized spacial score (nSPS) is 15.3. The number of allylic oxidation sites excluding steroid dienone is 2. The molecule has 0 N–H and O–H groups in total. The Bertz CT molecular complexity index is 628. The van der Waals surface area contributed by atoms with Gasteiger partial charge in [-0.15, -0.1) is 0 Å². The second kappa shape index (κ2) is 9.35. The van der Waals surface area contributed by atoms with E-state index in [-0.39, 0.29) is 0 Å². The van der Waals surface area contributed by atoms with Crippen molar-refractivity contribution in [1.82, 2.24) is 0 Å². The fourth-order valence-electron chi connectivity index (χ4n) is 3.63. The van der Waals surface area contributed by atoms with Crippen LogP contribution >= 0.6 is 7.92 Å². The molecular formula is C24H31P. The molecule has 0 aliphatic heterocycles. The summed E-state index contributed by atoms with van der Waals surface area (Å²) in [6.45, 7) is 4.67. The molecule has 0 atom stereocenters. The van der Waals surface area contributed by atoms with Crippen LogP contribution < -0.4 is 10.6 Å². The van der Waals surface area contributed by atoms with E-state index in [2.05, 4.69) is 74.5 Å². The first kappa shape index (κ1) is 18.4. The standard InChI is InChI=1S/C24H31P/c1-3-11-21(19-20-17-18-20)24(12-4-2)25(22-13-7-5-8-14-22)23-15-9-6-10-16-23/h5-10,13-16,20H,3-4,11-12,17-19H2,1-2H3. The highest BCUT2D eigenvalue weighted by Crippen LogP contribution is 2.50. The molecule has 1 aliphatic carbocycles. The Morgan fingerprint density at radius 2 is 1.32 bits per heavy atom. The third-order valence-corrected chi connectivity index (χ3v) is 7.69. The van der Waals surface area contributed by atoms with Gasteiger partial charge in [-0.25, -0.2) is 0 Å². The molecule has 1 heteroatoms. The van der Waals surface area contributed by atoms with Crippen molar-refractivity contribution in [3.05, 3.63) is 71.6 Å². The number of hydrogen-bond donors (Lipinski definition) is 0. The summed E-state index contributed by atoms with van der Waals surface area (Å²) < 4.78 is 0. The Kier molecular flexibility index (Phi) is 6.88. The quantitative estimate of drug-likeness (QED) is 0.438. The molecule has 0 amide bonds. The first-order chi connectivity index (χ1) is 12.3. The highest BCUT2D eigenvalue weighted by atomic mass is 31.1. The van der Waals surface area contributed by atoms with Gasteiger partial charge < -0.3 is 0 Å². The monoisotopic (exact) mass is 350 g/mol. The topological polar surface area (TPSA) is 0 Å². The summed E-state index contributed by atoms with van der Waals surface area (Å²) >= 11 is 0. The molecule has 1 aliphatic rings. The lowest BCUT2D eigenvalue weighted by molar-refractivity contribution is 0.740. The zero-order chi connectivity index (χ0) is 17.5. The van der Waals surface area contributed by atoms with Gasteiger partial charge >= 0.3 is 0 Å². The molecule has 3 rings (SSSR count). The van der Waals surface area contributed by atoms with Gasteiger partial charge in [0.05, 0.1) is 0 Å². The second-order valence-corrected chi connectivity index (χ2v) is 9.45. The van der Waals surface area contributed by atoms with E-state index in [0.717, 1.165) is 5.92 Å². The third-order valence-electron chi connectivity index (χ3n) is 4.98. The first-order valence-electron chi connectivity index (χ1n) is 9.94. The minimum Gasteiger partial charge on any atom is -0.0656 e. The molecular weight excluding hydrogens is 319 g/mol. The lowest BCUT2D eigenvalue weighted by Gasteiger charge is -2.26. The molecule has 0 heterocycles. The molecule has 25 heavy (non-hydrogen) atoms. The first-order valence-corrected chi connectivity index (χ1v) is 11.3. The maximum absolute atomic E-state index is 2.34. The predicted molar refractivity (Wildman–Crippen MR) is 113 cm³/mol. The largest absolute Gasteiger partial charge is 0.0656 e. The Labute approximate surface area is 155 Å². The van der Waals surface area contributed by atoms with Gasteiger partial charge in [0.15, 0.2) is 0 Å². The Morgan fingerprint density at radius 3 is 1.76 bits per heavy atom. The average Bonchev–Trinajstić information content (AvgIpc) is 3.47. The van der Waals surface area contributed by atoms with Crippen molar-refractivity contribution in [2.75, 3.05) is 0 Å². The SMILES string of the molecule is CCCC(CC1CC1)=C(CCC)P(c1ccccc1)c1ccccc1. The molecule has 2 aromatic carbocycles. The average molecular weight is 350 g/mol. The maximum Gasteiger partial charge on any atom is -0.0154 e. The minimum absolute atomic E-state index is 0.394. The van der Waals surface area contributed by atoms with Crippen LogP contribution in [-0.4, -0.2) is 0 Å². The third kappa shape index (κ3) is 5.05. The van der Waals surface area contributed by atoms with Crippen LogP contribution in [0.2, 0.25) is 0 Å². The molecule has 0 nitrogen and oxygen atoms in total. The van der Waals surface area contributed by atoms with Gasteiger partial charge in [-0.05, 0) is 61.9 Å². The van der Waals surface area contributed by atoms with Crippen LogP contribution in [0.4, 0.5) is 0 Å². The van der Waals surface area contributed by atoms with Crippen molar-refractivity contribution < 1.29 is 0 Å². The summed E-state index contributed by atoms with van der Waals surface area (Å²) in [6, 6.07) is 22.5. The van der Waals surface area contributed by atoms with E-state index in [1.807, 2.05) is 0 Å². The van der Waals surface area contributed by atoms with Gasteiger partial charge in [-0.3, -0.25) is 0 Å². The fraction of sp³-hybridized carbons (Fsp3) is 0.417. The predicted octanol–water partition coefficient (Wildman–Crippen LogP) is 6.77. The van der Waals surface area contributed by atoms with Crippen LogP contribution in [0, 0.1) is 5.92 Å². The summed E-state index contributed by atoms with van der Waals surface area (Å²) in [5, 5.41) is 4.79. The molecule has 1 fully saturated rings. The van der Waals surface area contributed by atoms with Crippen molar-refractivity contribution >= 4 is 18.5 Å². The van der Waals surface area contributed by atoms with E-state index >= 15 is 0 Å². The molecule has 132 valence electrons. The van der Waals surface area contributed by atoms with Gasteiger partial charge in [0.25, 0.3) is 0 Å². The summed E-state index contributed by atoms with van der Waals surface area (Å²) in [4.78, 5) is 0. The van der Waals surface area contributed by atoms with Crippen molar-refractivity contribution in [2.45, 2.75) is 58.8 Å². The van der Waals surface area contributed by atoms with E-state index in [1.165, 1.54) is 55.6 Å². The smallest absolute Gasteiger partial charge is 0.0154 e. The summed E-state index contributed by atoms with van der Waals surface area (Å²) in [6.07, 6.45) is 9.28. The highest BCUT2D eigenvalue weighted by molar-refractivity contribution is 7.76. The Morgan fingerprint density at radius 1 is 0.800 bits per heavy atom. The van der Waals surface area contributed by atoms with E-state index in [4.69, 9.17) is 0 Å². The Hall–Kier alpha value is -1.39. The number of benzene rings is 2. The van der Waals surface area contributed by atoms with Gasteiger partial charge in [-0.1, -0.05) is 92.9 Å². The Balaban J connectivity index is 2.08. The molecule has 0 bridgehead atoms. The number of hydrogen-bond acceptors (Lipinski definition) is 0. The molecule has 0 radical (unpaired) electrons. The van der Waals surface area contributed by atoms with Crippen LogP contribution in [0.15, 0.2) is 71.6 Å². The molecule has 0 spiro atoms. The molecule has 0 unspecified atom stereocenters. The van der Waals surface area contributed by atoms with Crippen molar-refractivity contribution in [3.63, 3.8) is 0 Å². The van der Waals surface area contributed by atoms with Crippen LogP contribution in [0.1, 0.15) is 58.8 Å². The lowest BCUT2D eigenvalue weighted by atomic mass is 10.0. The zero-order valence-electron chi connectivity index (χ0n) is 15.7. The van der Waals surface area contributed by atoms with Gasteiger partial charge in [0.2, 0.25) is 0 Å². The van der Waals surface area contributed by atoms with E-state index in [1.54, 1.807) is 10.9 Å². The maximum atomic E-state index is 2.34. The summed E-state index contributed by atoms with van der Waals surface area (Å²) in [5.74, 6) is 0.969. The highest BCUT2D eigenvalue weighted by Gasteiger charge is 2.26. The van der Waals surface area contributed by atoms with Gasteiger partial charge in [0.1, 0.15) is 0 Å². The van der Waals surface area contributed by atoms with Crippen molar-refractivity contribution in [2.24, 2.45) is 5.92 Å². The zero-order valence-corrected chi connectivity index (χ0v) is 16.6. The van der Waals surface area contributed by atoms with Crippen LogP contribution in [0.3, 0.4) is 0 Å². The van der Waals surface area contributed by atoms with Crippen LogP contribution in [-0.2, 0) is 0 Å². The van der Waals surface area contributed by atoms with Crippen molar-refractivity contribution in [3.8, 4) is 0 Å². The second-order valence-electron chi connectivity index (χ2n) is 7.20. The lowest BCUT2D eigenvalue weighted by Crippen LogP contribution is -2.14. The summed E-state index contributed by atoms with van der Waals surface area (Å²) in [7, 11) is -0.394. The summed E-state index contributed by atoms with van der Waals surface area (Å²) in [5.41, 5.74) is 1.78. The molecule has 0 saturated heterocycles. The van der Waals surface area contributed by atoms with Crippen LogP contribution in [0.5, 0.6) is 0 Å².